The largest absolute Gasteiger partial charge is 1.00 e. The molecule has 214 valence electrons. The van der Waals surface area contributed by atoms with Crippen molar-refractivity contribution in [3.05, 3.63) is 41.6 Å². The van der Waals surface area contributed by atoms with E-state index in [0.717, 1.165) is 60.6 Å². The van der Waals surface area contributed by atoms with Gasteiger partial charge in [-0.15, -0.1) is 0 Å². The first-order valence-electron chi connectivity index (χ1n) is 14.7. The Bertz CT molecular complexity index is 1230. The van der Waals surface area contributed by atoms with Crippen LogP contribution in [0.25, 0.3) is 22.0 Å². The van der Waals surface area contributed by atoms with Crippen LogP contribution in [0.1, 0.15) is 83.3 Å². The molecule has 39 heavy (non-hydrogen) atoms. The molecular weight excluding hydrogens is 510 g/mol. The topological polar surface area (TPSA) is 40.8 Å². The number of aryl methyl sites for hydroxylation is 3. The zero-order valence-electron chi connectivity index (χ0n) is 24.5. The van der Waals surface area contributed by atoms with Crippen molar-refractivity contribution in [3.8, 4) is 34.3 Å². The lowest BCUT2D eigenvalue weighted by atomic mass is 9.89. The van der Waals surface area contributed by atoms with Crippen LogP contribution < -0.4 is 35.9 Å². The van der Waals surface area contributed by atoms with E-state index in [1.54, 1.807) is 14.2 Å². The summed E-state index contributed by atoms with van der Waals surface area (Å²) >= 11 is 0. The maximum Gasteiger partial charge on any atom is 0.216 e. The van der Waals surface area contributed by atoms with Gasteiger partial charge >= 0.3 is 0 Å². The van der Waals surface area contributed by atoms with E-state index in [4.69, 9.17) is 18.9 Å². The molecule has 6 heteroatoms. The fourth-order valence-electron chi connectivity index (χ4n) is 5.61. The fraction of sp³-hybridized carbons (Fsp3) is 0.545. The van der Waals surface area contributed by atoms with Crippen LogP contribution >= 0.6 is 0 Å². The molecule has 0 amide bonds. The Morgan fingerprint density at radius 2 is 1.44 bits per heavy atom. The van der Waals surface area contributed by atoms with E-state index in [0.29, 0.717) is 13.2 Å². The number of halogens is 1. The Balaban J connectivity index is 0.00000420. The number of hydrogen-bond donors (Lipinski definition) is 0. The van der Waals surface area contributed by atoms with Crippen LogP contribution in [0, 0.1) is 0 Å². The molecule has 0 N–H and O–H groups in total. The van der Waals surface area contributed by atoms with Gasteiger partial charge in [0.15, 0.2) is 35.7 Å². The molecular formula is C33H46ClNO4. The van der Waals surface area contributed by atoms with E-state index in [2.05, 4.69) is 49.7 Å². The third-order valence-electron chi connectivity index (χ3n) is 7.52. The van der Waals surface area contributed by atoms with E-state index in [9.17, 15) is 0 Å². The van der Waals surface area contributed by atoms with Crippen molar-refractivity contribution in [1.82, 2.24) is 0 Å². The first kappa shape index (κ1) is 30.9. The standard InChI is InChI=1S/C33H46NO4.ClH/c1-6-9-10-11-12-13-14-26-25-15-16-29(35-4)33(36-5)28(25)23-34-18-17-24-21-30(37-19-7-2)31(38-20-8-3)22-27(24)32(26)34;/h15-16,21-23H,6-14,17-20H2,1-5H3;1H/q+1;/p-1. The van der Waals surface area contributed by atoms with E-state index in [-0.39, 0.29) is 12.4 Å². The van der Waals surface area contributed by atoms with Gasteiger partial charge in [0.05, 0.1) is 38.4 Å². The lowest BCUT2D eigenvalue weighted by molar-refractivity contribution is -0.686. The minimum atomic E-state index is 0. The van der Waals surface area contributed by atoms with Crippen molar-refractivity contribution in [2.45, 2.75) is 91.5 Å². The molecule has 0 spiro atoms. The molecule has 0 fully saturated rings. The maximum absolute atomic E-state index is 6.22. The number of pyridine rings is 1. The molecule has 1 aliphatic rings. The van der Waals surface area contributed by atoms with E-state index in [1.807, 2.05) is 6.07 Å². The highest BCUT2D eigenvalue weighted by atomic mass is 35.5. The smallest absolute Gasteiger partial charge is 0.216 e. The number of hydrogen-bond acceptors (Lipinski definition) is 4. The zero-order valence-corrected chi connectivity index (χ0v) is 25.3. The number of aromatic nitrogens is 1. The Morgan fingerprint density at radius 3 is 2.10 bits per heavy atom. The number of rotatable bonds is 15. The highest BCUT2D eigenvalue weighted by Crippen LogP contribution is 2.43. The highest BCUT2D eigenvalue weighted by Gasteiger charge is 2.31. The van der Waals surface area contributed by atoms with Gasteiger partial charge < -0.3 is 31.4 Å². The molecule has 4 rings (SSSR count). The minimum absolute atomic E-state index is 0. The molecule has 3 aromatic rings. The van der Waals surface area contributed by atoms with Gasteiger partial charge in [0.2, 0.25) is 5.69 Å². The fourth-order valence-corrected chi connectivity index (χ4v) is 5.61. The van der Waals surface area contributed by atoms with Crippen LogP contribution in [-0.4, -0.2) is 27.4 Å². The zero-order chi connectivity index (χ0) is 26.9. The van der Waals surface area contributed by atoms with Gasteiger partial charge in [-0.3, -0.25) is 0 Å². The summed E-state index contributed by atoms with van der Waals surface area (Å²) in [6, 6.07) is 8.72. The number of ether oxygens (including phenoxy) is 4. The van der Waals surface area contributed by atoms with Crippen molar-refractivity contribution in [3.63, 3.8) is 0 Å². The highest BCUT2D eigenvalue weighted by molar-refractivity contribution is 5.95. The van der Waals surface area contributed by atoms with Crippen LogP contribution in [-0.2, 0) is 19.4 Å². The Morgan fingerprint density at radius 1 is 0.744 bits per heavy atom. The summed E-state index contributed by atoms with van der Waals surface area (Å²) in [5.74, 6) is 3.31. The van der Waals surface area contributed by atoms with Gasteiger partial charge in [0, 0.05) is 17.4 Å². The summed E-state index contributed by atoms with van der Waals surface area (Å²) in [5.41, 5.74) is 5.30. The monoisotopic (exact) mass is 555 g/mol. The van der Waals surface area contributed by atoms with Gasteiger partial charge in [-0.2, -0.15) is 4.57 Å². The van der Waals surface area contributed by atoms with Crippen molar-refractivity contribution in [1.29, 1.82) is 0 Å². The number of nitrogens with zero attached hydrogens (tertiary/aromatic N) is 1. The van der Waals surface area contributed by atoms with E-state index in [1.165, 1.54) is 66.3 Å². The Labute approximate surface area is 241 Å². The normalized spacial score (nSPS) is 11.9. The van der Waals surface area contributed by atoms with Crippen LogP contribution in [0.3, 0.4) is 0 Å². The second kappa shape index (κ2) is 15.2. The summed E-state index contributed by atoms with van der Waals surface area (Å²) in [5, 5.41) is 2.36. The van der Waals surface area contributed by atoms with Crippen molar-refractivity contribution >= 4 is 10.8 Å². The maximum atomic E-state index is 6.22. The van der Waals surface area contributed by atoms with Crippen LogP contribution in [0.2, 0.25) is 0 Å². The van der Waals surface area contributed by atoms with Crippen LogP contribution in [0.5, 0.6) is 23.0 Å². The average molecular weight is 556 g/mol. The third kappa shape index (κ3) is 6.92. The van der Waals surface area contributed by atoms with Crippen molar-refractivity contribution in [2.24, 2.45) is 0 Å². The molecule has 5 nitrogen and oxygen atoms in total. The predicted octanol–water partition coefficient (Wildman–Crippen LogP) is 4.85. The molecule has 0 aliphatic carbocycles. The summed E-state index contributed by atoms with van der Waals surface area (Å²) < 4.78 is 26.3. The molecule has 0 atom stereocenters. The quantitative estimate of drug-likeness (QED) is 0.198. The van der Waals surface area contributed by atoms with Gasteiger partial charge in [-0.25, -0.2) is 0 Å². The summed E-state index contributed by atoms with van der Waals surface area (Å²) in [6.45, 7) is 8.85. The summed E-state index contributed by atoms with van der Waals surface area (Å²) in [7, 11) is 3.44. The summed E-state index contributed by atoms with van der Waals surface area (Å²) in [4.78, 5) is 0. The molecule has 1 aliphatic heterocycles. The molecule has 0 saturated carbocycles. The molecule has 1 aromatic heterocycles. The van der Waals surface area contributed by atoms with Crippen LogP contribution in [0.4, 0.5) is 0 Å². The first-order chi connectivity index (χ1) is 18.7. The molecule has 0 saturated heterocycles. The lowest BCUT2D eigenvalue weighted by Gasteiger charge is -2.22. The van der Waals surface area contributed by atoms with Gasteiger partial charge in [0.25, 0.3) is 0 Å². The number of methoxy groups -OCH3 is 2. The van der Waals surface area contributed by atoms with Gasteiger partial charge in [-0.1, -0.05) is 52.9 Å². The van der Waals surface area contributed by atoms with Crippen molar-refractivity contribution in [2.75, 3.05) is 27.4 Å². The number of unbranched alkanes of at least 4 members (excludes halogenated alkanes) is 5. The molecule has 0 unspecified atom stereocenters. The lowest BCUT2D eigenvalue weighted by Crippen LogP contribution is -3.00. The molecule has 2 heterocycles. The van der Waals surface area contributed by atoms with Crippen molar-refractivity contribution < 1.29 is 35.9 Å². The van der Waals surface area contributed by atoms with E-state index < -0.39 is 0 Å². The van der Waals surface area contributed by atoms with E-state index >= 15 is 0 Å². The second-order valence-corrected chi connectivity index (χ2v) is 10.3. The van der Waals surface area contributed by atoms with Gasteiger partial charge in [0.1, 0.15) is 0 Å². The molecule has 0 bridgehead atoms. The average Bonchev–Trinajstić information content (AvgIpc) is 2.95. The third-order valence-corrected chi connectivity index (χ3v) is 7.52. The number of fused-ring (bicyclic) bond motifs is 4. The Hall–Kier alpha value is -2.66. The SMILES string of the molecule is CCCCCCCCc1c2[n+](cc3c(OC)c(OC)ccc13)CCc1cc(OCCC)c(OCCC)cc1-2.[Cl-]. The molecule has 0 radical (unpaired) electrons. The number of benzene rings is 2. The molecule has 2 aromatic carbocycles. The minimum Gasteiger partial charge on any atom is -1.00 e. The predicted molar refractivity (Wildman–Crippen MR) is 155 cm³/mol. The first-order valence-corrected chi connectivity index (χ1v) is 14.7. The second-order valence-electron chi connectivity index (χ2n) is 10.3. The summed E-state index contributed by atoms with van der Waals surface area (Å²) in [6.07, 6.45) is 13.8. The van der Waals surface area contributed by atoms with Gasteiger partial charge in [-0.05, 0) is 55.5 Å². The Kier molecular flexibility index (Phi) is 12.0. The van der Waals surface area contributed by atoms with Crippen LogP contribution in [0.15, 0.2) is 30.5 Å².